The number of allylic oxidation sites excluding steroid dienone is 1. The van der Waals surface area contributed by atoms with Gasteiger partial charge in [-0.1, -0.05) is 25.5 Å². The van der Waals surface area contributed by atoms with Crippen molar-refractivity contribution in [2.45, 2.75) is 120 Å². The lowest BCUT2D eigenvalue weighted by molar-refractivity contribution is -0.301. The maximum atomic E-state index is 12.4. The molecule has 8 heteroatoms. The normalized spacial score (nSPS) is 50.5. The Morgan fingerprint density at radius 1 is 0.947 bits per heavy atom. The summed E-state index contributed by atoms with van der Waals surface area (Å²) in [5, 5.41) is 43.0. The Labute approximate surface area is 223 Å². The summed E-state index contributed by atoms with van der Waals surface area (Å²) in [6.45, 7) is 6.26. The van der Waals surface area contributed by atoms with Crippen LogP contribution < -0.4 is 5.63 Å². The maximum absolute atomic E-state index is 12.4. The summed E-state index contributed by atoms with van der Waals surface area (Å²) in [4.78, 5) is 11.5. The van der Waals surface area contributed by atoms with Gasteiger partial charge in [0.1, 0.15) is 18.3 Å². The average molecular weight is 531 g/mol. The van der Waals surface area contributed by atoms with Gasteiger partial charge in [-0.05, 0) is 93.1 Å². The van der Waals surface area contributed by atoms with Crippen LogP contribution in [0.3, 0.4) is 0 Å². The number of hydrogen-bond acceptors (Lipinski definition) is 8. The van der Waals surface area contributed by atoms with Gasteiger partial charge in [-0.15, -0.1) is 0 Å². The highest BCUT2D eigenvalue weighted by molar-refractivity contribution is 5.31. The third-order valence-corrected chi connectivity index (χ3v) is 11.5. The zero-order chi connectivity index (χ0) is 27.0. The Bertz CT molecular complexity index is 1130. The Morgan fingerprint density at radius 3 is 2.47 bits per heavy atom. The van der Waals surface area contributed by atoms with E-state index in [4.69, 9.17) is 13.9 Å². The third kappa shape index (κ3) is 3.82. The van der Waals surface area contributed by atoms with E-state index in [2.05, 4.69) is 19.9 Å². The van der Waals surface area contributed by atoms with E-state index in [0.29, 0.717) is 5.92 Å². The molecule has 0 amide bonds. The molecular formula is C30H42O8. The number of fused-ring (bicyclic) bond motifs is 5. The van der Waals surface area contributed by atoms with Crippen molar-refractivity contribution >= 4 is 0 Å². The fourth-order valence-electron chi connectivity index (χ4n) is 9.17. The summed E-state index contributed by atoms with van der Waals surface area (Å²) in [6, 6.07) is 3.36. The van der Waals surface area contributed by atoms with E-state index in [1.54, 1.807) is 13.2 Å². The lowest BCUT2D eigenvalue weighted by Gasteiger charge is -2.62. The summed E-state index contributed by atoms with van der Waals surface area (Å²) in [5.74, 6) is 0.759. The van der Waals surface area contributed by atoms with Crippen molar-refractivity contribution in [3.63, 3.8) is 0 Å². The lowest BCUT2D eigenvalue weighted by atomic mass is 9.45. The molecule has 210 valence electrons. The van der Waals surface area contributed by atoms with Crippen LogP contribution in [0, 0.1) is 22.7 Å². The molecule has 5 aliphatic rings. The van der Waals surface area contributed by atoms with E-state index in [9.17, 15) is 25.2 Å². The number of ether oxygens (including phenoxy) is 2. The Hall–Kier alpha value is -1.55. The maximum Gasteiger partial charge on any atom is 0.335 e. The van der Waals surface area contributed by atoms with Crippen LogP contribution in [-0.4, -0.2) is 62.8 Å². The molecule has 0 radical (unpaired) electrons. The van der Waals surface area contributed by atoms with E-state index in [0.717, 1.165) is 56.9 Å². The number of rotatable bonds is 3. The van der Waals surface area contributed by atoms with Gasteiger partial charge in [0.15, 0.2) is 6.29 Å². The van der Waals surface area contributed by atoms with Gasteiger partial charge in [-0.25, -0.2) is 4.79 Å². The monoisotopic (exact) mass is 530 g/mol. The molecule has 1 saturated heterocycles. The van der Waals surface area contributed by atoms with Gasteiger partial charge < -0.3 is 34.3 Å². The van der Waals surface area contributed by atoms with E-state index in [-0.39, 0.29) is 34.4 Å². The largest absolute Gasteiger partial charge is 0.431 e. The predicted octanol–water partition coefficient (Wildman–Crippen LogP) is 3.01. The van der Waals surface area contributed by atoms with E-state index < -0.39 is 36.3 Å². The minimum absolute atomic E-state index is 0.0213. The first-order valence-electron chi connectivity index (χ1n) is 14.4. The first-order chi connectivity index (χ1) is 18.0. The minimum atomic E-state index is -1.31. The van der Waals surface area contributed by atoms with Crippen molar-refractivity contribution in [1.29, 1.82) is 0 Å². The fraction of sp³-hybridized carbons (Fsp3) is 0.767. The first kappa shape index (κ1) is 26.7. The molecule has 0 aromatic carbocycles. The molecule has 1 aromatic heterocycles. The van der Waals surface area contributed by atoms with Crippen molar-refractivity contribution in [2.24, 2.45) is 22.7 Å². The van der Waals surface area contributed by atoms with Crippen LogP contribution in [0.2, 0.25) is 0 Å². The topological polar surface area (TPSA) is 130 Å². The number of hydrogen-bond donors (Lipinski definition) is 4. The van der Waals surface area contributed by atoms with Gasteiger partial charge in [0.05, 0.1) is 24.1 Å². The van der Waals surface area contributed by atoms with Crippen molar-refractivity contribution in [1.82, 2.24) is 0 Å². The van der Waals surface area contributed by atoms with E-state index >= 15 is 0 Å². The summed E-state index contributed by atoms with van der Waals surface area (Å²) >= 11 is 0. The van der Waals surface area contributed by atoms with Crippen molar-refractivity contribution < 1.29 is 34.3 Å². The van der Waals surface area contributed by atoms with Crippen LogP contribution >= 0.6 is 0 Å². The van der Waals surface area contributed by atoms with Crippen LogP contribution in [0.15, 0.2) is 39.3 Å². The third-order valence-electron chi connectivity index (χ3n) is 11.5. The fourth-order valence-corrected chi connectivity index (χ4v) is 9.17. The summed E-state index contributed by atoms with van der Waals surface area (Å²) in [7, 11) is 0. The molecule has 2 heterocycles. The Kier molecular flexibility index (Phi) is 6.49. The van der Waals surface area contributed by atoms with Crippen LogP contribution in [0.25, 0.3) is 0 Å². The standard InChI is InChI=1S/C30H42O8/c1-16-24(32)25(33)26(34)27(37-16)38-19-8-11-28(2)18(14-19)5-6-22-21(28)9-12-29(3)20(10-13-30(22,29)35)17-4-7-23(31)36-15-17/h4,7,14-16,19-22,24-27,32-35H,5-6,8-13H2,1-3H3/t16-,19-,20+,21?,22?,24+,25+,26+,27-,28-,29+,30-/m0/s1. The highest BCUT2D eigenvalue weighted by atomic mass is 16.7. The molecule has 1 aliphatic heterocycles. The molecule has 1 aromatic rings. The summed E-state index contributed by atoms with van der Waals surface area (Å²) in [6.07, 6.45) is 5.32. The quantitative estimate of drug-likeness (QED) is 0.439. The van der Waals surface area contributed by atoms with Gasteiger partial charge in [0.25, 0.3) is 0 Å². The molecule has 4 N–H and O–H groups in total. The van der Waals surface area contributed by atoms with Crippen LogP contribution in [0.5, 0.6) is 0 Å². The molecule has 38 heavy (non-hydrogen) atoms. The van der Waals surface area contributed by atoms with Crippen LogP contribution in [0.1, 0.15) is 83.6 Å². The zero-order valence-electron chi connectivity index (χ0n) is 22.6. The molecule has 0 bridgehead atoms. The van der Waals surface area contributed by atoms with Crippen LogP contribution in [0.4, 0.5) is 0 Å². The van der Waals surface area contributed by atoms with Gasteiger partial charge in [-0.2, -0.15) is 0 Å². The molecule has 0 spiro atoms. The molecular weight excluding hydrogens is 488 g/mol. The number of aliphatic hydroxyl groups is 4. The molecule has 3 saturated carbocycles. The Morgan fingerprint density at radius 2 is 1.74 bits per heavy atom. The Balaban J connectivity index is 1.21. The average Bonchev–Trinajstić information content (AvgIpc) is 3.18. The van der Waals surface area contributed by atoms with Gasteiger partial charge in [0.2, 0.25) is 0 Å². The molecule has 4 aliphatic carbocycles. The van der Waals surface area contributed by atoms with Gasteiger partial charge in [0, 0.05) is 11.5 Å². The second-order valence-electron chi connectivity index (χ2n) is 13.1. The minimum Gasteiger partial charge on any atom is -0.431 e. The second-order valence-corrected chi connectivity index (χ2v) is 13.1. The molecule has 6 rings (SSSR count). The van der Waals surface area contributed by atoms with E-state index in [1.807, 2.05) is 6.07 Å². The molecule has 2 unspecified atom stereocenters. The van der Waals surface area contributed by atoms with Crippen LogP contribution in [-0.2, 0) is 9.47 Å². The molecule has 12 atom stereocenters. The zero-order valence-corrected chi connectivity index (χ0v) is 22.6. The highest BCUT2D eigenvalue weighted by Crippen LogP contribution is 2.70. The van der Waals surface area contributed by atoms with Crippen molar-refractivity contribution in [3.8, 4) is 0 Å². The smallest absolute Gasteiger partial charge is 0.335 e. The highest BCUT2D eigenvalue weighted by Gasteiger charge is 2.66. The van der Waals surface area contributed by atoms with Crippen molar-refractivity contribution in [3.05, 3.63) is 46.0 Å². The van der Waals surface area contributed by atoms with Crippen molar-refractivity contribution in [2.75, 3.05) is 0 Å². The first-order valence-corrected chi connectivity index (χ1v) is 14.4. The second kappa shape index (κ2) is 9.25. The summed E-state index contributed by atoms with van der Waals surface area (Å²) < 4.78 is 17.0. The van der Waals surface area contributed by atoms with Gasteiger partial charge in [-0.3, -0.25) is 0 Å². The molecule has 4 fully saturated rings. The lowest BCUT2D eigenvalue weighted by Crippen LogP contribution is -2.60. The van der Waals surface area contributed by atoms with Gasteiger partial charge >= 0.3 is 5.63 Å². The molecule has 8 nitrogen and oxygen atoms in total. The summed E-state index contributed by atoms with van der Waals surface area (Å²) in [5.41, 5.74) is 0.991. The number of aliphatic hydroxyl groups excluding tert-OH is 3. The predicted molar refractivity (Wildman–Crippen MR) is 138 cm³/mol. The van der Waals surface area contributed by atoms with E-state index in [1.165, 1.54) is 11.6 Å². The SMILES string of the molecule is C[C@@H]1O[C@@H](O[C@@H]2C=C3CCC4C(CC[C@]5(C)[C@@H](c6ccc(=O)oc6)CC[C@]45O)[C@@]3(C)CC2)[C@H](O)[C@H](O)[C@@H]1O.